The quantitative estimate of drug-likeness (QED) is 0.498. The minimum atomic E-state index is -0.997. The molecule has 0 saturated heterocycles. The highest BCUT2D eigenvalue weighted by atomic mass is 32.1. The number of aryl methyl sites for hydroxylation is 2. The molecule has 2 aromatic heterocycles. The molecular formula is C20H17N5O4S. The van der Waals surface area contributed by atoms with E-state index >= 15 is 0 Å². The average Bonchev–Trinajstić information content (AvgIpc) is 3.34. The van der Waals surface area contributed by atoms with Gasteiger partial charge in [-0.1, -0.05) is 12.1 Å². The molecule has 1 N–H and O–H groups in total. The maximum absolute atomic E-state index is 11.4. The van der Waals surface area contributed by atoms with Gasteiger partial charge < -0.3 is 14.6 Å². The summed E-state index contributed by atoms with van der Waals surface area (Å²) in [6, 6.07) is 12.7. The number of carbonyl (C=O) groups is 1. The van der Waals surface area contributed by atoms with Crippen molar-refractivity contribution in [1.82, 2.24) is 25.2 Å². The van der Waals surface area contributed by atoms with Gasteiger partial charge in [0.25, 0.3) is 0 Å². The van der Waals surface area contributed by atoms with Crippen LogP contribution in [0.3, 0.4) is 0 Å². The summed E-state index contributed by atoms with van der Waals surface area (Å²) in [5, 5.41) is 22.2. The van der Waals surface area contributed by atoms with E-state index in [4.69, 9.17) is 9.47 Å². The van der Waals surface area contributed by atoms with Crippen molar-refractivity contribution in [2.24, 2.45) is 7.05 Å². The van der Waals surface area contributed by atoms with E-state index < -0.39 is 5.97 Å². The third-order valence-electron chi connectivity index (χ3n) is 4.26. The van der Waals surface area contributed by atoms with Crippen LogP contribution < -0.4 is 9.47 Å². The molecule has 10 heteroatoms. The molecule has 9 nitrogen and oxygen atoms in total. The number of carboxylic acid groups (broad SMARTS) is 1. The molecule has 4 aromatic rings. The van der Waals surface area contributed by atoms with Crippen LogP contribution in [0.15, 0.2) is 42.5 Å². The molecule has 0 fully saturated rings. The van der Waals surface area contributed by atoms with Crippen LogP contribution in [0.2, 0.25) is 0 Å². The fourth-order valence-corrected chi connectivity index (χ4v) is 3.76. The molecule has 0 unspecified atom stereocenters. The molecule has 30 heavy (non-hydrogen) atoms. The lowest BCUT2D eigenvalue weighted by molar-refractivity contribution is 0.0701. The number of nitrogens with zero attached hydrogens (tertiary/aromatic N) is 5. The molecule has 0 atom stereocenters. The maximum Gasteiger partial charge on any atom is 0.347 e. The molecule has 0 aliphatic rings. The van der Waals surface area contributed by atoms with Crippen molar-refractivity contribution < 1.29 is 19.4 Å². The zero-order chi connectivity index (χ0) is 21.3. The van der Waals surface area contributed by atoms with Crippen LogP contribution in [0.5, 0.6) is 17.2 Å². The van der Waals surface area contributed by atoms with E-state index in [9.17, 15) is 9.90 Å². The van der Waals surface area contributed by atoms with Crippen LogP contribution in [0.1, 0.15) is 15.4 Å². The van der Waals surface area contributed by atoms with Crippen molar-refractivity contribution >= 4 is 17.3 Å². The number of aromatic nitrogens is 5. The van der Waals surface area contributed by atoms with Crippen molar-refractivity contribution in [3.63, 3.8) is 0 Å². The van der Waals surface area contributed by atoms with E-state index in [1.165, 1.54) is 4.80 Å². The zero-order valence-corrected chi connectivity index (χ0v) is 17.2. The lowest BCUT2D eigenvalue weighted by Gasteiger charge is -2.13. The van der Waals surface area contributed by atoms with Crippen molar-refractivity contribution in [1.29, 1.82) is 0 Å². The molecule has 2 aromatic carbocycles. The Labute approximate surface area is 175 Å². The van der Waals surface area contributed by atoms with Gasteiger partial charge in [-0.3, -0.25) is 0 Å². The summed E-state index contributed by atoms with van der Waals surface area (Å²) < 4.78 is 11.5. The fraction of sp³-hybridized carbons (Fsp3) is 0.150. The number of tetrazole rings is 1. The van der Waals surface area contributed by atoms with E-state index in [0.717, 1.165) is 16.9 Å². The first-order valence-corrected chi connectivity index (χ1v) is 9.68. The molecule has 0 radical (unpaired) electrons. The summed E-state index contributed by atoms with van der Waals surface area (Å²) in [6.07, 6.45) is 0. The molecule has 0 spiro atoms. The Morgan fingerprint density at radius 3 is 2.53 bits per heavy atom. The van der Waals surface area contributed by atoms with Gasteiger partial charge in [-0.15, -0.1) is 21.5 Å². The van der Waals surface area contributed by atoms with Crippen LogP contribution in [0, 0.1) is 6.92 Å². The monoisotopic (exact) mass is 423 g/mol. The highest BCUT2D eigenvalue weighted by molar-refractivity contribution is 7.17. The largest absolute Gasteiger partial charge is 0.493 e. The summed E-state index contributed by atoms with van der Waals surface area (Å²) in [5.74, 6) is 1.000. The van der Waals surface area contributed by atoms with E-state index in [-0.39, 0.29) is 4.88 Å². The summed E-state index contributed by atoms with van der Waals surface area (Å²) >= 11 is 1.11. The highest BCUT2D eigenvalue weighted by Crippen LogP contribution is 2.39. The number of aromatic carboxylic acids is 1. The van der Waals surface area contributed by atoms with Crippen LogP contribution >= 0.6 is 11.3 Å². The average molecular weight is 423 g/mol. The Hall–Kier alpha value is -3.79. The summed E-state index contributed by atoms with van der Waals surface area (Å²) in [7, 11) is 3.24. The number of hydrogen-bond donors (Lipinski definition) is 1. The maximum atomic E-state index is 11.4. The molecule has 0 amide bonds. The van der Waals surface area contributed by atoms with Crippen molar-refractivity contribution in [3.8, 4) is 39.2 Å². The van der Waals surface area contributed by atoms with Gasteiger partial charge in [-0.25, -0.2) is 9.78 Å². The van der Waals surface area contributed by atoms with Crippen molar-refractivity contribution in [3.05, 3.63) is 53.0 Å². The van der Waals surface area contributed by atoms with Gasteiger partial charge in [0.2, 0.25) is 5.82 Å². The topological polar surface area (TPSA) is 112 Å². The number of hydrogen-bond acceptors (Lipinski definition) is 8. The number of rotatable bonds is 6. The third-order valence-corrected chi connectivity index (χ3v) is 5.45. The molecule has 152 valence electrons. The number of methoxy groups -OCH3 is 1. The van der Waals surface area contributed by atoms with E-state index in [2.05, 4.69) is 20.4 Å². The zero-order valence-electron chi connectivity index (χ0n) is 16.4. The first kappa shape index (κ1) is 19.5. The summed E-state index contributed by atoms with van der Waals surface area (Å²) in [4.78, 5) is 17.3. The van der Waals surface area contributed by atoms with Gasteiger partial charge in [0.1, 0.15) is 15.6 Å². The molecule has 2 heterocycles. The first-order chi connectivity index (χ1) is 14.5. The predicted molar refractivity (Wildman–Crippen MR) is 110 cm³/mol. The third kappa shape index (κ3) is 3.72. The molecule has 4 rings (SSSR count). The van der Waals surface area contributed by atoms with Gasteiger partial charge in [-0.05, 0) is 42.5 Å². The minimum absolute atomic E-state index is 0.207. The van der Waals surface area contributed by atoms with Gasteiger partial charge in [0.15, 0.2) is 11.5 Å². The lowest BCUT2D eigenvalue weighted by atomic mass is 10.1. The Balaban J connectivity index is 1.81. The Bertz CT molecular complexity index is 1230. The predicted octanol–water partition coefficient (Wildman–Crippen LogP) is 3.81. The molecule has 0 saturated carbocycles. The Morgan fingerprint density at radius 2 is 1.90 bits per heavy atom. The Morgan fingerprint density at radius 1 is 1.13 bits per heavy atom. The highest BCUT2D eigenvalue weighted by Gasteiger charge is 2.19. The molecule has 0 aliphatic carbocycles. The second-order valence-corrected chi connectivity index (χ2v) is 7.30. The first-order valence-electron chi connectivity index (χ1n) is 8.86. The van der Waals surface area contributed by atoms with Gasteiger partial charge in [0, 0.05) is 5.56 Å². The number of thiazole rings is 1. The fourth-order valence-electron chi connectivity index (χ4n) is 2.86. The van der Waals surface area contributed by atoms with E-state index in [1.807, 2.05) is 24.3 Å². The second-order valence-electron chi connectivity index (χ2n) is 6.31. The van der Waals surface area contributed by atoms with Crippen molar-refractivity contribution in [2.75, 3.05) is 7.11 Å². The van der Waals surface area contributed by atoms with Crippen LogP contribution in [-0.4, -0.2) is 43.4 Å². The smallest absolute Gasteiger partial charge is 0.347 e. The standard InChI is InChI=1S/C20H17N5O4S/c1-11-17(20(26)27)30-19(21-11)12-8-9-14(13(10-12)18-22-24-25(2)23-18)29-16-7-5-4-6-15(16)28-3/h4-10H,1-3H3,(H,26,27). The van der Waals surface area contributed by atoms with Crippen LogP contribution in [0.4, 0.5) is 0 Å². The molecule has 0 bridgehead atoms. The van der Waals surface area contributed by atoms with Crippen LogP contribution in [0.25, 0.3) is 22.0 Å². The number of carboxylic acids is 1. The van der Waals surface area contributed by atoms with E-state index in [1.54, 1.807) is 39.3 Å². The minimum Gasteiger partial charge on any atom is -0.493 e. The Kier molecular flexibility index (Phi) is 5.15. The second kappa shape index (κ2) is 7.91. The van der Waals surface area contributed by atoms with E-state index in [0.29, 0.717) is 39.3 Å². The van der Waals surface area contributed by atoms with Crippen LogP contribution in [-0.2, 0) is 7.05 Å². The molecular weight excluding hydrogens is 406 g/mol. The lowest BCUT2D eigenvalue weighted by Crippen LogP contribution is -1.95. The number of para-hydroxylation sites is 2. The summed E-state index contributed by atoms with van der Waals surface area (Å²) in [6.45, 7) is 1.67. The van der Waals surface area contributed by atoms with Gasteiger partial charge in [0.05, 0.1) is 25.4 Å². The SMILES string of the molecule is COc1ccccc1Oc1ccc(-c2nc(C)c(C(=O)O)s2)cc1-c1nnn(C)n1. The van der Waals surface area contributed by atoms with Gasteiger partial charge in [-0.2, -0.15) is 4.80 Å². The number of benzene rings is 2. The normalized spacial score (nSPS) is 10.8. The van der Waals surface area contributed by atoms with Crippen molar-refractivity contribution in [2.45, 2.75) is 6.92 Å². The molecule has 0 aliphatic heterocycles. The summed E-state index contributed by atoms with van der Waals surface area (Å²) in [5.41, 5.74) is 1.79. The van der Waals surface area contributed by atoms with Gasteiger partial charge >= 0.3 is 5.97 Å². The number of ether oxygens (including phenoxy) is 2.